The number of carbonyl (C=O) groups excluding carboxylic acids is 2. The SMILES string of the molecule is CC.CCCCCCCCC(CC)CCCCCCCN(CCCCCCCC(=O)OC(CCCCCCCC)CCCCCCCC)CCCNC1=C(C)C(=O)S1.O=CO. The Morgan fingerprint density at radius 1 is 0.607 bits per heavy atom. The smallest absolute Gasteiger partial charge is 0.306 e. The van der Waals surface area contributed by atoms with E-state index in [9.17, 15) is 9.59 Å². The monoisotopic (exact) mass is 881 g/mol. The normalized spacial score (nSPS) is 12.8. The van der Waals surface area contributed by atoms with Gasteiger partial charge in [-0.15, -0.1) is 0 Å². The molecular weight excluding hydrogens is 777 g/mol. The first kappa shape index (κ1) is 61.5. The van der Waals surface area contributed by atoms with Crippen molar-refractivity contribution in [1.29, 1.82) is 0 Å². The van der Waals surface area contributed by atoms with Gasteiger partial charge in [-0.1, -0.05) is 208 Å². The second-order valence-electron chi connectivity index (χ2n) is 17.7. The van der Waals surface area contributed by atoms with E-state index in [1.165, 1.54) is 211 Å². The molecule has 1 atom stereocenters. The predicted molar refractivity (Wildman–Crippen MR) is 267 cm³/mol. The Hall–Kier alpha value is -1.54. The molecule has 2 N–H and O–H groups in total. The number of rotatable bonds is 44. The first-order valence-electron chi connectivity index (χ1n) is 26.5. The summed E-state index contributed by atoms with van der Waals surface area (Å²) in [5, 5.41) is 11.7. The molecule has 0 bridgehead atoms. The van der Waals surface area contributed by atoms with Gasteiger partial charge >= 0.3 is 5.97 Å². The van der Waals surface area contributed by atoms with E-state index in [4.69, 9.17) is 14.6 Å². The third-order valence-electron chi connectivity index (χ3n) is 12.3. The molecule has 1 aliphatic rings. The predicted octanol–water partition coefficient (Wildman–Crippen LogP) is 16.4. The van der Waals surface area contributed by atoms with Crippen molar-refractivity contribution in [3.05, 3.63) is 10.6 Å². The number of carbonyl (C=O) groups is 3. The van der Waals surface area contributed by atoms with Crippen molar-refractivity contribution in [2.75, 3.05) is 26.2 Å². The minimum atomic E-state index is -0.250. The second kappa shape index (κ2) is 49.5. The number of thioether (sulfide) groups is 1. The van der Waals surface area contributed by atoms with Crippen LogP contribution in [-0.4, -0.2) is 59.8 Å². The van der Waals surface area contributed by atoms with Crippen LogP contribution in [0.5, 0.6) is 0 Å². The van der Waals surface area contributed by atoms with Crippen LogP contribution in [0.1, 0.15) is 273 Å². The Labute approximate surface area is 384 Å². The van der Waals surface area contributed by atoms with Gasteiger partial charge in [-0.3, -0.25) is 14.4 Å². The van der Waals surface area contributed by atoms with Gasteiger partial charge in [0.2, 0.25) is 5.12 Å². The average Bonchev–Trinajstić information content (AvgIpc) is 3.27. The summed E-state index contributed by atoms with van der Waals surface area (Å²) in [5.74, 6) is 0.989. The van der Waals surface area contributed by atoms with Gasteiger partial charge in [-0.25, -0.2) is 0 Å². The molecule has 1 heterocycles. The van der Waals surface area contributed by atoms with E-state index in [-0.39, 0.29) is 23.7 Å². The lowest BCUT2D eigenvalue weighted by Crippen LogP contribution is -2.30. The first-order valence-corrected chi connectivity index (χ1v) is 27.3. The van der Waals surface area contributed by atoms with Crippen molar-refractivity contribution in [3.63, 3.8) is 0 Å². The van der Waals surface area contributed by atoms with Crippen LogP contribution in [0, 0.1) is 5.92 Å². The van der Waals surface area contributed by atoms with E-state index in [0.29, 0.717) is 6.42 Å². The van der Waals surface area contributed by atoms with Crippen molar-refractivity contribution in [1.82, 2.24) is 10.2 Å². The van der Waals surface area contributed by atoms with Crippen molar-refractivity contribution in [2.45, 2.75) is 279 Å². The molecule has 0 aromatic carbocycles. The van der Waals surface area contributed by atoms with Crippen LogP contribution >= 0.6 is 11.8 Å². The van der Waals surface area contributed by atoms with Gasteiger partial charge in [0.25, 0.3) is 6.47 Å². The van der Waals surface area contributed by atoms with Crippen molar-refractivity contribution >= 4 is 29.3 Å². The number of nitrogens with one attached hydrogen (secondary N) is 1. The van der Waals surface area contributed by atoms with E-state index >= 15 is 0 Å². The number of esters is 1. The maximum absolute atomic E-state index is 12.9. The van der Waals surface area contributed by atoms with E-state index in [0.717, 1.165) is 61.7 Å². The van der Waals surface area contributed by atoms with E-state index in [1.807, 2.05) is 20.8 Å². The quantitative estimate of drug-likeness (QED) is 0.0355. The highest BCUT2D eigenvalue weighted by molar-refractivity contribution is 8.19. The third kappa shape index (κ3) is 40.9. The highest BCUT2D eigenvalue weighted by atomic mass is 32.2. The first-order chi connectivity index (χ1) is 29.9. The number of hydrogen-bond acceptors (Lipinski definition) is 7. The number of unbranched alkanes of at least 4 members (excludes halogenated alkanes) is 23. The van der Waals surface area contributed by atoms with Crippen molar-refractivity contribution < 1.29 is 24.2 Å². The molecule has 0 spiro atoms. The fraction of sp³-hybridized carbons (Fsp3) is 0.906. The largest absolute Gasteiger partial charge is 0.483 e. The van der Waals surface area contributed by atoms with Crippen LogP contribution in [0.2, 0.25) is 0 Å². The van der Waals surface area contributed by atoms with E-state index in [1.54, 1.807) is 0 Å². The molecule has 1 unspecified atom stereocenters. The molecular formula is C53H104N2O5S. The molecule has 0 saturated carbocycles. The van der Waals surface area contributed by atoms with Gasteiger partial charge < -0.3 is 20.1 Å². The van der Waals surface area contributed by atoms with Gasteiger partial charge in [0, 0.05) is 18.5 Å². The zero-order valence-corrected chi connectivity index (χ0v) is 42.6. The van der Waals surface area contributed by atoms with Crippen molar-refractivity contribution in [3.8, 4) is 0 Å². The summed E-state index contributed by atoms with van der Waals surface area (Å²) in [4.78, 5) is 35.5. The standard InChI is InChI=1S/C50H96N2O3S.C2H6.CH2O2/c1-6-10-13-16-21-28-36-46(9-4)37-29-22-19-26-33-42-52(44-35-41-51-49-45(5)50(54)56-49)43-34-27-20-25-32-40-48(53)55-47(38-30-23-17-14-11-7-2)39-31-24-18-15-12-8-3;1-2;2-1-3/h46-47,51H,6-44H2,1-5H3;1-2H3;1H,(H,2,3). The third-order valence-corrected chi connectivity index (χ3v) is 13.5. The summed E-state index contributed by atoms with van der Waals surface area (Å²) >= 11 is 1.35. The summed E-state index contributed by atoms with van der Waals surface area (Å²) in [5.41, 5.74) is 0.897. The molecule has 61 heavy (non-hydrogen) atoms. The molecule has 7 nitrogen and oxygen atoms in total. The van der Waals surface area contributed by atoms with Crippen LogP contribution in [0.15, 0.2) is 10.6 Å². The Balaban J connectivity index is 0. The highest BCUT2D eigenvalue weighted by Crippen LogP contribution is 2.32. The lowest BCUT2D eigenvalue weighted by Gasteiger charge is -2.24. The lowest BCUT2D eigenvalue weighted by molar-refractivity contribution is -0.150. The van der Waals surface area contributed by atoms with Gasteiger partial charge in [0.15, 0.2) is 0 Å². The molecule has 8 heteroatoms. The molecule has 0 fully saturated rings. The highest BCUT2D eigenvalue weighted by Gasteiger charge is 2.24. The topological polar surface area (TPSA) is 95.9 Å². The Morgan fingerprint density at radius 3 is 1.39 bits per heavy atom. The molecule has 0 amide bonds. The van der Waals surface area contributed by atoms with E-state index < -0.39 is 0 Å². The minimum Gasteiger partial charge on any atom is -0.483 e. The average molecular weight is 881 g/mol. The Kier molecular flexibility index (Phi) is 49.9. The van der Waals surface area contributed by atoms with Crippen LogP contribution < -0.4 is 5.32 Å². The summed E-state index contributed by atoms with van der Waals surface area (Å²) in [6.07, 6.45) is 44.8. The Morgan fingerprint density at radius 2 is 0.984 bits per heavy atom. The summed E-state index contributed by atoms with van der Waals surface area (Å²) < 4.78 is 6.09. The van der Waals surface area contributed by atoms with E-state index in [2.05, 4.69) is 37.9 Å². The van der Waals surface area contributed by atoms with Crippen LogP contribution in [0.3, 0.4) is 0 Å². The van der Waals surface area contributed by atoms with Gasteiger partial charge in [-0.2, -0.15) is 0 Å². The minimum absolute atomic E-state index is 0.0423. The number of carboxylic acid groups (broad SMARTS) is 1. The van der Waals surface area contributed by atoms with Crippen LogP contribution in [0.4, 0.5) is 0 Å². The van der Waals surface area contributed by atoms with Gasteiger partial charge in [0.05, 0.1) is 5.03 Å². The van der Waals surface area contributed by atoms with Crippen LogP contribution in [-0.2, 0) is 19.1 Å². The Bertz CT molecular complexity index is 976. The number of nitrogens with zero attached hydrogens (tertiary/aromatic N) is 1. The van der Waals surface area contributed by atoms with Gasteiger partial charge in [0.1, 0.15) is 6.10 Å². The summed E-state index contributed by atoms with van der Waals surface area (Å²) in [6, 6.07) is 0. The zero-order chi connectivity index (χ0) is 45.4. The molecule has 0 saturated heterocycles. The molecule has 0 radical (unpaired) electrons. The van der Waals surface area contributed by atoms with Crippen molar-refractivity contribution in [2.24, 2.45) is 5.92 Å². The zero-order valence-electron chi connectivity index (χ0n) is 41.7. The maximum atomic E-state index is 12.9. The molecule has 1 rings (SSSR count). The molecule has 362 valence electrons. The molecule has 0 aromatic rings. The summed E-state index contributed by atoms with van der Waals surface area (Å²) in [6.45, 7) is 19.4. The number of ether oxygens (including phenoxy) is 1. The molecule has 1 aliphatic heterocycles. The fourth-order valence-corrected chi connectivity index (χ4v) is 9.02. The second-order valence-corrected chi connectivity index (χ2v) is 18.7. The molecule has 0 aromatic heterocycles. The van der Waals surface area contributed by atoms with Crippen LogP contribution in [0.25, 0.3) is 0 Å². The van der Waals surface area contributed by atoms with Gasteiger partial charge in [-0.05, 0) is 95.6 Å². The summed E-state index contributed by atoms with van der Waals surface area (Å²) in [7, 11) is 0. The molecule has 0 aliphatic carbocycles. The lowest BCUT2D eigenvalue weighted by atomic mass is 9.92. The number of hydrogen-bond donors (Lipinski definition) is 2. The maximum Gasteiger partial charge on any atom is 0.306 e. The fourth-order valence-electron chi connectivity index (χ4n) is 8.31.